The van der Waals surface area contributed by atoms with E-state index in [1.165, 1.54) is 12.0 Å². The van der Waals surface area contributed by atoms with Gasteiger partial charge in [-0.05, 0) is 38.1 Å². The molecule has 0 spiro atoms. The van der Waals surface area contributed by atoms with Crippen LogP contribution in [0.4, 0.5) is 0 Å². The third-order valence-corrected chi connectivity index (χ3v) is 3.75. The molecule has 0 aliphatic carbocycles. The second-order valence-corrected chi connectivity index (χ2v) is 5.56. The first-order valence-electron chi connectivity index (χ1n) is 7.45. The Bertz CT molecular complexity index is 706. The van der Waals surface area contributed by atoms with Gasteiger partial charge < -0.3 is 18.9 Å². The number of carbonyl (C=O) groups excluding carboxylic acids is 2. The summed E-state index contributed by atoms with van der Waals surface area (Å²) in [4.78, 5) is 25.5. The van der Waals surface area contributed by atoms with Crippen LogP contribution in [0.5, 0.6) is 5.75 Å². The van der Waals surface area contributed by atoms with Gasteiger partial charge in [-0.25, -0.2) is 0 Å². The quantitative estimate of drug-likeness (QED) is 0.765. The predicted molar refractivity (Wildman–Crippen MR) is 87.4 cm³/mol. The van der Waals surface area contributed by atoms with Crippen molar-refractivity contribution in [1.82, 2.24) is 9.47 Å². The number of aromatic nitrogens is 1. The number of fused-ring (bicyclic) bond motifs is 1. The minimum absolute atomic E-state index is 0.0416. The van der Waals surface area contributed by atoms with E-state index in [4.69, 9.17) is 4.74 Å². The third kappa shape index (κ3) is 3.83. The van der Waals surface area contributed by atoms with Gasteiger partial charge in [0.05, 0.1) is 14.2 Å². The Morgan fingerprint density at radius 2 is 1.96 bits per heavy atom. The van der Waals surface area contributed by atoms with Gasteiger partial charge in [0, 0.05) is 23.1 Å². The van der Waals surface area contributed by atoms with E-state index >= 15 is 0 Å². The maximum absolute atomic E-state index is 12.5. The number of rotatable bonds is 6. The van der Waals surface area contributed by atoms with Crippen molar-refractivity contribution in [3.8, 4) is 5.75 Å². The van der Waals surface area contributed by atoms with Crippen LogP contribution in [0, 0.1) is 0 Å². The molecule has 0 bridgehead atoms. The predicted octanol–water partition coefficient (Wildman–Crippen LogP) is 2.06. The molecule has 1 amide bonds. The molecule has 0 fully saturated rings. The lowest BCUT2D eigenvalue weighted by atomic mass is 10.2. The first kappa shape index (κ1) is 16.9. The van der Waals surface area contributed by atoms with Crippen molar-refractivity contribution in [2.75, 3.05) is 20.8 Å². The number of esters is 1. The highest BCUT2D eigenvalue weighted by Gasteiger charge is 2.21. The van der Waals surface area contributed by atoms with Gasteiger partial charge in [-0.2, -0.15) is 0 Å². The van der Waals surface area contributed by atoms with E-state index in [9.17, 15) is 9.59 Å². The Morgan fingerprint density at radius 1 is 1.22 bits per heavy atom. The van der Waals surface area contributed by atoms with E-state index < -0.39 is 5.97 Å². The molecule has 0 saturated heterocycles. The number of benzene rings is 1. The smallest absolute Gasteiger partial charge is 0.325 e. The number of amides is 1. The van der Waals surface area contributed by atoms with Gasteiger partial charge in [-0.15, -0.1) is 0 Å². The summed E-state index contributed by atoms with van der Waals surface area (Å²) >= 11 is 0. The third-order valence-electron chi connectivity index (χ3n) is 3.75. The maximum atomic E-state index is 12.5. The lowest BCUT2D eigenvalue weighted by Crippen LogP contribution is -2.42. The van der Waals surface area contributed by atoms with Crippen LogP contribution in [0.25, 0.3) is 10.9 Å². The van der Waals surface area contributed by atoms with E-state index in [1.54, 1.807) is 7.11 Å². The molecule has 2 rings (SSSR count). The lowest BCUT2D eigenvalue weighted by Gasteiger charge is -2.25. The molecule has 1 aromatic heterocycles. The SMILES string of the molecule is COC(=O)CN(C(=O)Cn1ccc2cc(OC)ccc21)C(C)C. The number of ether oxygens (including phenoxy) is 2. The van der Waals surface area contributed by atoms with Gasteiger partial charge in [0.15, 0.2) is 0 Å². The van der Waals surface area contributed by atoms with E-state index in [0.29, 0.717) is 0 Å². The fourth-order valence-corrected chi connectivity index (χ4v) is 2.44. The van der Waals surface area contributed by atoms with Crippen LogP contribution >= 0.6 is 0 Å². The molecule has 1 aromatic carbocycles. The molecule has 2 aromatic rings. The molecular formula is C17H22N2O4. The average Bonchev–Trinajstić information content (AvgIpc) is 2.93. The van der Waals surface area contributed by atoms with Crippen LogP contribution < -0.4 is 4.74 Å². The van der Waals surface area contributed by atoms with Crippen LogP contribution in [0.3, 0.4) is 0 Å². The molecule has 0 saturated carbocycles. The highest BCUT2D eigenvalue weighted by Crippen LogP contribution is 2.22. The molecule has 23 heavy (non-hydrogen) atoms. The topological polar surface area (TPSA) is 60.8 Å². The van der Waals surface area contributed by atoms with Crippen molar-refractivity contribution in [3.63, 3.8) is 0 Å². The number of hydrogen-bond acceptors (Lipinski definition) is 4. The highest BCUT2D eigenvalue weighted by molar-refractivity contribution is 5.86. The summed E-state index contributed by atoms with van der Waals surface area (Å²) in [7, 11) is 2.94. The van der Waals surface area contributed by atoms with Gasteiger partial charge in [0.25, 0.3) is 0 Å². The molecule has 0 atom stereocenters. The minimum Gasteiger partial charge on any atom is -0.497 e. The molecule has 6 nitrogen and oxygen atoms in total. The number of nitrogens with zero attached hydrogens (tertiary/aromatic N) is 2. The summed E-state index contributed by atoms with van der Waals surface area (Å²) in [6, 6.07) is 7.55. The fourth-order valence-electron chi connectivity index (χ4n) is 2.44. The normalized spacial score (nSPS) is 10.8. The van der Waals surface area contributed by atoms with Gasteiger partial charge in [-0.3, -0.25) is 9.59 Å². The summed E-state index contributed by atoms with van der Waals surface area (Å²) in [5, 5.41) is 1.00. The van der Waals surface area contributed by atoms with Crippen molar-refractivity contribution in [2.24, 2.45) is 0 Å². The first-order chi connectivity index (χ1) is 11.0. The van der Waals surface area contributed by atoms with E-state index in [0.717, 1.165) is 16.7 Å². The molecule has 0 unspecified atom stereocenters. The number of hydrogen-bond donors (Lipinski definition) is 0. The summed E-state index contributed by atoms with van der Waals surface area (Å²) in [5.41, 5.74) is 0.945. The number of methoxy groups -OCH3 is 2. The van der Waals surface area contributed by atoms with Gasteiger partial charge in [-0.1, -0.05) is 0 Å². The van der Waals surface area contributed by atoms with Crippen molar-refractivity contribution in [3.05, 3.63) is 30.5 Å². The molecule has 0 radical (unpaired) electrons. The van der Waals surface area contributed by atoms with Crippen LogP contribution in [-0.2, 0) is 20.9 Å². The van der Waals surface area contributed by atoms with Crippen LogP contribution in [-0.4, -0.2) is 48.1 Å². The molecule has 124 valence electrons. The zero-order chi connectivity index (χ0) is 17.0. The van der Waals surface area contributed by atoms with E-state index in [-0.39, 0.29) is 25.0 Å². The molecular weight excluding hydrogens is 296 g/mol. The zero-order valence-electron chi connectivity index (χ0n) is 13.9. The van der Waals surface area contributed by atoms with Crippen molar-refractivity contribution in [1.29, 1.82) is 0 Å². The highest BCUT2D eigenvalue weighted by atomic mass is 16.5. The van der Waals surface area contributed by atoms with Gasteiger partial charge >= 0.3 is 5.97 Å². The standard InChI is InChI=1S/C17H22N2O4/c1-12(2)19(11-17(21)23-4)16(20)10-18-8-7-13-9-14(22-3)5-6-15(13)18/h5-9,12H,10-11H2,1-4H3. The molecule has 6 heteroatoms. The molecule has 1 heterocycles. The largest absolute Gasteiger partial charge is 0.497 e. The van der Waals surface area contributed by atoms with Gasteiger partial charge in [0.1, 0.15) is 18.8 Å². The van der Waals surface area contributed by atoms with Crippen LogP contribution in [0.15, 0.2) is 30.5 Å². The molecule has 0 aliphatic heterocycles. The Morgan fingerprint density at radius 3 is 2.57 bits per heavy atom. The summed E-state index contributed by atoms with van der Waals surface area (Å²) in [5.74, 6) is 0.226. The van der Waals surface area contributed by atoms with Crippen LogP contribution in [0.1, 0.15) is 13.8 Å². The van der Waals surface area contributed by atoms with E-state index in [1.807, 2.05) is 48.9 Å². The maximum Gasteiger partial charge on any atom is 0.325 e. The second kappa shape index (κ2) is 7.17. The van der Waals surface area contributed by atoms with Gasteiger partial charge in [0.2, 0.25) is 5.91 Å². The van der Waals surface area contributed by atoms with Crippen molar-refractivity contribution in [2.45, 2.75) is 26.4 Å². The Balaban J connectivity index is 2.19. The fraction of sp³-hybridized carbons (Fsp3) is 0.412. The second-order valence-electron chi connectivity index (χ2n) is 5.56. The molecule has 0 N–H and O–H groups in total. The lowest BCUT2D eigenvalue weighted by molar-refractivity contribution is -0.148. The zero-order valence-corrected chi connectivity index (χ0v) is 13.9. The monoisotopic (exact) mass is 318 g/mol. The Kier molecular flexibility index (Phi) is 5.26. The summed E-state index contributed by atoms with van der Waals surface area (Å²) in [6.45, 7) is 3.88. The average molecular weight is 318 g/mol. The minimum atomic E-state index is -0.422. The van der Waals surface area contributed by atoms with E-state index in [2.05, 4.69) is 4.74 Å². The summed E-state index contributed by atoms with van der Waals surface area (Å²) in [6.07, 6.45) is 1.86. The Hall–Kier alpha value is -2.50. The van der Waals surface area contributed by atoms with Crippen molar-refractivity contribution >= 4 is 22.8 Å². The number of carbonyl (C=O) groups is 2. The first-order valence-corrected chi connectivity index (χ1v) is 7.45. The Labute approximate surface area is 135 Å². The van der Waals surface area contributed by atoms with Crippen molar-refractivity contribution < 1.29 is 19.1 Å². The molecule has 0 aliphatic rings. The summed E-state index contributed by atoms with van der Waals surface area (Å²) < 4.78 is 11.7. The van der Waals surface area contributed by atoms with Crippen LogP contribution in [0.2, 0.25) is 0 Å².